The highest BCUT2D eigenvalue weighted by Crippen LogP contribution is 2.20. The van der Waals surface area contributed by atoms with Gasteiger partial charge in [-0.05, 0) is 23.3 Å². The van der Waals surface area contributed by atoms with E-state index in [4.69, 9.17) is 11.6 Å². The van der Waals surface area contributed by atoms with Gasteiger partial charge in [-0.15, -0.1) is 0 Å². The molecule has 0 unspecified atom stereocenters. The predicted octanol–water partition coefficient (Wildman–Crippen LogP) is 4.02. The van der Waals surface area contributed by atoms with E-state index in [0.717, 1.165) is 34.9 Å². The van der Waals surface area contributed by atoms with E-state index < -0.39 is 0 Å². The minimum atomic E-state index is 0.764. The van der Waals surface area contributed by atoms with Crippen LogP contribution in [0.2, 0.25) is 5.02 Å². The molecule has 0 atom stereocenters. The molecule has 0 amide bonds. The van der Waals surface area contributed by atoms with E-state index in [0.29, 0.717) is 0 Å². The summed E-state index contributed by atoms with van der Waals surface area (Å²) >= 11 is 5.88. The lowest BCUT2D eigenvalue weighted by Crippen LogP contribution is -2.12. The van der Waals surface area contributed by atoms with Gasteiger partial charge in [0.1, 0.15) is 0 Å². The molecule has 0 spiro atoms. The van der Waals surface area contributed by atoms with Crippen LogP contribution in [-0.4, -0.2) is 10.2 Å². The first-order valence-corrected chi connectivity index (χ1v) is 7.23. The molecule has 0 saturated heterocycles. The SMILES string of the molecule is Clc1ccc(CNCc2cn[nH]c2-c2ccccc2)cc1. The van der Waals surface area contributed by atoms with Crippen molar-refractivity contribution in [2.75, 3.05) is 0 Å². The Balaban J connectivity index is 1.64. The molecule has 21 heavy (non-hydrogen) atoms. The summed E-state index contributed by atoms with van der Waals surface area (Å²) in [6.07, 6.45) is 1.87. The van der Waals surface area contributed by atoms with Gasteiger partial charge in [-0.3, -0.25) is 5.10 Å². The van der Waals surface area contributed by atoms with Gasteiger partial charge >= 0.3 is 0 Å². The van der Waals surface area contributed by atoms with Gasteiger partial charge in [-0.25, -0.2) is 0 Å². The van der Waals surface area contributed by atoms with E-state index in [2.05, 4.69) is 27.6 Å². The fourth-order valence-electron chi connectivity index (χ4n) is 2.24. The van der Waals surface area contributed by atoms with Crippen LogP contribution >= 0.6 is 11.6 Å². The monoisotopic (exact) mass is 297 g/mol. The molecule has 0 saturated carbocycles. The Morgan fingerprint density at radius 2 is 1.71 bits per heavy atom. The molecule has 0 bridgehead atoms. The molecule has 0 aliphatic heterocycles. The van der Waals surface area contributed by atoms with Gasteiger partial charge in [0.2, 0.25) is 0 Å². The quantitative estimate of drug-likeness (QED) is 0.747. The number of aromatic nitrogens is 2. The van der Waals surface area contributed by atoms with E-state index >= 15 is 0 Å². The van der Waals surface area contributed by atoms with Crippen LogP contribution in [-0.2, 0) is 13.1 Å². The lowest BCUT2D eigenvalue weighted by atomic mass is 10.1. The topological polar surface area (TPSA) is 40.7 Å². The highest BCUT2D eigenvalue weighted by Gasteiger charge is 2.06. The van der Waals surface area contributed by atoms with Crippen LogP contribution in [0.15, 0.2) is 60.8 Å². The molecular weight excluding hydrogens is 282 g/mol. The molecule has 2 aromatic carbocycles. The number of benzene rings is 2. The molecule has 0 fully saturated rings. The first-order chi connectivity index (χ1) is 10.3. The van der Waals surface area contributed by atoms with Crippen LogP contribution in [0.5, 0.6) is 0 Å². The molecule has 0 aliphatic rings. The van der Waals surface area contributed by atoms with Crippen molar-refractivity contribution < 1.29 is 0 Å². The third kappa shape index (κ3) is 3.51. The number of rotatable bonds is 5. The Kier molecular flexibility index (Phi) is 4.34. The van der Waals surface area contributed by atoms with Crippen LogP contribution in [0.1, 0.15) is 11.1 Å². The summed E-state index contributed by atoms with van der Waals surface area (Å²) < 4.78 is 0. The molecule has 3 aromatic rings. The van der Waals surface area contributed by atoms with Crippen molar-refractivity contribution in [1.82, 2.24) is 15.5 Å². The van der Waals surface area contributed by atoms with Crippen molar-refractivity contribution >= 4 is 11.6 Å². The summed E-state index contributed by atoms with van der Waals surface area (Å²) in [5, 5.41) is 11.4. The maximum absolute atomic E-state index is 5.88. The number of hydrogen-bond acceptors (Lipinski definition) is 2. The summed E-state index contributed by atoms with van der Waals surface area (Å²) in [6.45, 7) is 1.57. The van der Waals surface area contributed by atoms with Gasteiger partial charge in [-0.1, -0.05) is 54.1 Å². The minimum Gasteiger partial charge on any atom is -0.308 e. The molecule has 4 heteroatoms. The molecule has 0 radical (unpaired) electrons. The highest BCUT2D eigenvalue weighted by molar-refractivity contribution is 6.30. The van der Waals surface area contributed by atoms with Crippen LogP contribution < -0.4 is 5.32 Å². The summed E-state index contributed by atoms with van der Waals surface area (Å²) in [6, 6.07) is 18.1. The van der Waals surface area contributed by atoms with Crippen molar-refractivity contribution in [2.24, 2.45) is 0 Å². The number of hydrogen-bond donors (Lipinski definition) is 2. The Morgan fingerprint density at radius 3 is 2.48 bits per heavy atom. The Hall–Kier alpha value is -2.10. The van der Waals surface area contributed by atoms with Crippen LogP contribution in [0.4, 0.5) is 0 Å². The van der Waals surface area contributed by atoms with Gasteiger partial charge in [0.05, 0.1) is 11.9 Å². The maximum Gasteiger partial charge on any atom is 0.0695 e. The van der Waals surface area contributed by atoms with E-state index in [1.165, 1.54) is 5.56 Å². The fraction of sp³-hybridized carbons (Fsp3) is 0.118. The summed E-state index contributed by atoms with van der Waals surface area (Å²) in [7, 11) is 0. The Bertz CT molecular complexity index is 690. The average Bonchev–Trinajstić information content (AvgIpc) is 2.99. The first kappa shape index (κ1) is 13.9. The lowest BCUT2D eigenvalue weighted by Gasteiger charge is -2.06. The second kappa shape index (κ2) is 6.57. The zero-order valence-corrected chi connectivity index (χ0v) is 12.3. The summed E-state index contributed by atoms with van der Waals surface area (Å²) in [5.41, 5.74) is 4.59. The summed E-state index contributed by atoms with van der Waals surface area (Å²) in [4.78, 5) is 0. The number of nitrogens with zero attached hydrogens (tertiary/aromatic N) is 1. The second-order valence-corrected chi connectivity index (χ2v) is 5.30. The molecular formula is C17H16ClN3. The van der Waals surface area contributed by atoms with E-state index in [1.807, 2.05) is 48.7 Å². The number of nitrogens with one attached hydrogen (secondary N) is 2. The largest absolute Gasteiger partial charge is 0.308 e. The molecule has 106 valence electrons. The van der Waals surface area contributed by atoms with Gasteiger partial charge in [0.25, 0.3) is 0 Å². The smallest absolute Gasteiger partial charge is 0.0695 e. The molecule has 2 N–H and O–H groups in total. The predicted molar refractivity (Wildman–Crippen MR) is 86.0 cm³/mol. The van der Waals surface area contributed by atoms with E-state index in [1.54, 1.807) is 0 Å². The van der Waals surface area contributed by atoms with Crippen LogP contribution in [0, 0.1) is 0 Å². The summed E-state index contributed by atoms with van der Waals surface area (Å²) in [5.74, 6) is 0. The normalized spacial score (nSPS) is 10.7. The van der Waals surface area contributed by atoms with Crippen molar-refractivity contribution in [3.63, 3.8) is 0 Å². The highest BCUT2D eigenvalue weighted by atomic mass is 35.5. The minimum absolute atomic E-state index is 0.764. The standard InChI is InChI=1S/C17H16ClN3/c18-16-8-6-13(7-9-16)10-19-11-15-12-20-21-17(15)14-4-2-1-3-5-14/h1-9,12,19H,10-11H2,(H,20,21). The zero-order valence-electron chi connectivity index (χ0n) is 11.5. The van der Waals surface area contributed by atoms with Gasteiger partial charge < -0.3 is 5.32 Å². The maximum atomic E-state index is 5.88. The van der Waals surface area contributed by atoms with Crippen molar-refractivity contribution in [3.8, 4) is 11.3 Å². The number of aromatic amines is 1. The second-order valence-electron chi connectivity index (χ2n) is 4.87. The molecule has 3 nitrogen and oxygen atoms in total. The van der Waals surface area contributed by atoms with Gasteiger partial charge in [0.15, 0.2) is 0 Å². The van der Waals surface area contributed by atoms with Crippen molar-refractivity contribution in [1.29, 1.82) is 0 Å². The van der Waals surface area contributed by atoms with Crippen LogP contribution in [0.25, 0.3) is 11.3 Å². The van der Waals surface area contributed by atoms with E-state index in [-0.39, 0.29) is 0 Å². The lowest BCUT2D eigenvalue weighted by molar-refractivity contribution is 0.694. The van der Waals surface area contributed by atoms with Gasteiger partial charge in [0, 0.05) is 23.7 Å². The van der Waals surface area contributed by atoms with E-state index in [9.17, 15) is 0 Å². The molecule has 1 heterocycles. The molecule has 3 rings (SSSR count). The first-order valence-electron chi connectivity index (χ1n) is 6.86. The zero-order chi connectivity index (χ0) is 14.5. The number of H-pyrrole nitrogens is 1. The Morgan fingerprint density at radius 1 is 0.952 bits per heavy atom. The van der Waals surface area contributed by atoms with Crippen molar-refractivity contribution in [2.45, 2.75) is 13.1 Å². The van der Waals surface area contributed by atoms with Gasteiger partial charge in [-0.2, -0.15) is 5.10 Å². The van der Waals surface area contributed by atoms with Crippen molar-refractivity contribution in [3.05, 3.63) is 76.9 Å². The number of halogens is 1. The molecule has 1 aromatic heterocycles. The third-order valence-electron chi connectivity index (χ3n) is 3.34. The molecule has 0 aliphatic carbocycles. The third-order valence-corrected chi connectivity index (χ3v) is 3.59. The fourth-order valence-corrected chi connectivity index (χ4v) is 2.37. The van der Waals surface area contributed by atoms with Crippen LogP contribution in [0.3, 0.4) is 0 Å². The average molecular weight is 298 g/mol. The Labute approximate surface area is 129 Å².